The Balaban J connectivity index is 2.01. The van der Waals surface area contributed by atoms with Crippen molar-refractivity contribution in [1.82, 2.24) is 5.32 Å². The lowest BCUT2D eigenvalue weighted by Crippen LogP contribution is -2.34. The zero-order valence-corrected chi connectivity index (χ0v) is 10.9. The van der Waals surface area contributed by atoms with Crippen LogP contribution in [0.1, 0.15) is 5.56 Å². The Morgan fingerprint density at radius 2 is 2.00 bits per heavy atom. The molecule has 2 aliphatic heterocycles. The van der Waals surface area contributed by atoms with E-state index in [2.05, 4.69) is 26.9 Å². The summed E-state index contributed by atoms with van der Waals surface area (Å²) >= 11 is 0. The van der Waals surface area contributed by atoms with Gasteiger partial charge in [0, 0.05) is 0 Å². The number of nitrogens with zero attached hydrogens (tertiary/aromatic N) is 3. The summed E-state index contributed by atoms with van der Waals surface area (Å²) in [5.74, 6) is 0.217. The number of para-hydroxylation sites is 1. The fourth-order valence-electron chi connectivity index (χ4n) is 1.90. The van der Waals surface area contributed by atoms with Gasteiger partial charge in [0.25, 0.3) is 0 Å². The number of hydrogen-bond acceptors (Lipinski definition) is 4. The van der Waals surface area contributed by atoms with E-state index in [1.165, 1.54) is 0 Å². The number of hydrogen-bond donors (Lipinski definition) is 1. The molecular weight excluding hydrogens is 272 g/mol. The number of carbonyl (C=O) groups is 2. The molecule has 3 rings (SSSR count). The van der Waals surface area contributed by atoms with Crippen LogP contribution in [0.15, 0.2) is 51.9 Å². The van der Waals surface area contributed by atoms with Crippen molar-refractivity contribution in [3.63, 3.8) is 0 Å². The van der Waals surface area contributed by atoms with Gasteiger partial charge in [0.05, 0.1) is 5.56 Å². The number of amidine groups is 2. The Hall–Kier alpha value is -3.09. The average Bonchev–Trinajstić information content (AvgIpc) is 2.86. The summed E-state index contributed by atoms with van der Waals surface area (Å²) in [6.45, 7) is 3.90. The highest BCUT2D eigenvalue weighted by Gasteiger charge is 2.32. The minimum atomic E-state index is -0.621. The van der Waals surface area contributed by atoms with Gasteiger partial charge in [0.15, 0.2) is 17.4 Å². The van der Waals surface area contributed by atoms with Gasteiger partial charge in [-0.1, -0.05) is 24.8 Å². The number of ether oxygens (including phenoxy) is 1. The van der Waals surface area contributed by atoms with Crippen LogP contribution in [-0.4, -0.2) is 35.9 Å². The van der Waals surface area contributed by atoms with E-state index in [4.69, 9.17) is 4.74 Å². The quantitative estimate of drug-likeness (QED) is 0.838. The molecule has 0 radical (unpaired) electrons. The van der Waals surface area contributed by atoms with E-state index in [1.54, 1.807) is 30.3 Å². The second-order valence-corrected chi connectivity index (χ2v) is 4.19. The molecule has 0 unspecified atom stereocenters. The van der Waals surface area contributed by atoms with Crippen LogP contribution in [0.25, 0.3) is 0 Å². The third-order valence-corrected chi connectivity index (χ3v) is 2.78. The van der Waals surface area contributed by atoms with E-state index in [1.807, 2.05) is 0 Å². The number of nitrogens with one attached hydrogen (secondary N) is 1. The molecule has 0 spiro atoms. The topological polar surface area (TPSA) is 92.5 Å². The molecule has 104 valence electrons. The van der Waals surface area contributed by atoms with Crippen LogP contribution >= 0.6 is 0 Å². The first-order chi connectivity index (χ1) is 10.2. The first kappa shape index (κ1) is 12.9. The lowest BCUT2D eigenvalue weighted by molar-refractivity contribution is -0.111. The molecule has 7 heteroatoms. The second-order valence-electron chi connectivity index (χ2n) is 4.19. The standard InChI is InChI=1S/C14H10N4O3/c1-2-7-21-9-6-4-3-5-8(9)11-16-12-10(13(19)17-11)15-14(20)18-12/h2-6H,1,7H2,(H,16,17,18,19,20). The lowest BCUT2D eigenvalue weighted by atomic mass is 10.1. The third-order valence-electron chi connectivity index (χ3n) is 2.78. The van der Waals surface area contributed by atoms with Crippen LogP contribution in [0, 0.1) is 0 Å². The van der Waals surface area contributed by atoms with E-state index < -0.39 is 11.9 Å². The van der Waals surface area contributed by atoms with Crippen molar-refractivity contribution >= 4 is 29.3 Å². The normalized spacial score (nSPS) is 16.5. The lowest BCUT2D eigenvalue weighted by Gasteiger charge is -2.12. The molecule has 0 fully saturated rings. The van der Waals surface area contributed by atoms with E-state index in [0.29, 0.717) is 17.9 Å². The van der Waals surface area contributed by atoms with Crippen molar-refractivity contribution in [2.75, 3.05) is 6.61 Å². The van der Waals surface area contributed by atoms with Crippen LogP contribution in [0.4, 0.5) is 4.79 Å². The first-order valence-corrected chi connectivity index (χ1v) is 6.14. The Morgan fingerprint density at radius 1 is 1.19 bits per heavy atom. The number of rotatable bonds is 4. The summed E-state index contributed by atoms with van der Waals surface area (Å²) in [5, 5.41) is 2.40. The summed E-state index contributed by atoms with van der Waals surface area (Å²) in [6.07, 6.45) is 1.61. The molecule has 1 N–H and O–H groups in total. The molecule has 0 atom stereocenters. The van der Waals surface area contributed by atoms with Crippen LogP contribution in [0.5, 0.6) is 5.75 Å². The van der Waals surface area contributed by atoms with Gasteiger partial charge in [-0.3, -0.25) is 10.1 Å². The van der Waals surface area contributed by atoms with Crippen molar-refractivity contribution in [2.45, 2.75) is 0 Å². The Bertz CT molecular complexity index is 746. The SMILES string of the molecule is C=CCOc1ccccc1C1=NC(=O)C2=NC(=O)NC2=N1. The highest BCUT2D eigenvalue weighted by Crippen LogP contribution is 2.21. The van der Waals surface area contributed by atoms with Gasteiger partial charge >= 0.3 is 11.9 Å². The number of aliphatic imine (C=N–C) groups is 3. The fraction of sp³-hybridized carbons (Fsp3) is 0.0714. The number of urea groups is 1. The maximum absolute atomic E-state index is 11.9. The van der Waals surface area contributed by atoms with Crippen LogP contribution < -0.4 is 10.1 Å². The maximum Gasteiger partial charge on any atom is 0.347 e. The molecule has 1 aromatic carbocycles. The summed E-state index contributed by atoms with van der Waals surface area (Å²) in [6, 6.07) is 6.42. The molecule has 21 heavy (non-hydrogen) atoms. The molecule has 7 nitrogen and oxygen atoms in total. The zero-order valence-electron chi connectivity index (χ0n) is 10.9. The smallest absolute Gasteiger partial charge is 0.347 e. The molecule has 0 saturated carbocycles. The van der Waals surface area contributed by atoms with Gasteiger partial charge in [0.2, 0.25) is 0 Å². The molecule has 0 aliphatic carbocycles. The van der Waals surface area contributed by atoms with Crippen molar-refractivity contribution in [3.8, 4) is 5.75 Å². The largest absolute Gasteiger partial charge is 0.489 e. The summed E-state index contributed by atoms with van der Waals surface area (Å²) < 4.78 is 5.51. The third kappa shape index (κ3) is 2.36. The maximum atomic E-state index is 11.9. The predicted octanol–water partition coefficient (Wildman–Crippen LogP) is 1.10. The monoisotopic (exact) mass is 282 g/mol. The molecule has 0 saturated heterocycles. The molecule has 0 bridgehead atoms. The van der Waals surface area contributed by atoms with E-state index in [9.17, 15) is 9.59 Å². The number of fused-ring (bicyclic) bond motifs is 1. The van der Waals surface area contributed by atoms with Crippen LogP contribution in [-0.2, 0) is 4.79 Å². The van der Waals surface area contributed by atoms with Crippen molar-refractivity contribution in [2.24, 2.45) is 15.0 Å². The van der Waals surface area contributed by atoms with Gasteiger partial charge in [-0.2, -0.15) is 9.98 Å². The summed E-state index contributed by atoms with van der Waals surface area (Å²) in [4.78, 5) is 34.6. The Labute approximate surface area is 119 Å². The number of amides is 3. The predicted molar refractivity (Wildman–Crippen MR) is 77.1 cm³/mol. The van der Waals surface area contributed by atoms with Crippen molar-refractivity contribution in [1.29, 1.82) is 0 Å². The van der Waals surface area contributed by atoms with Gasteiger partial charge in [-0.15, -0.1) is 0 Å². The number of carbonyl (C=O) groups excluding carboxylic acids is 2. The fourth-order valence-corrected chi connectivity index (χ4v) is 1.90. The summed E-state index contributed by atoms with van der Waals surface area (Å²) in [7, 11) is 0. The second kappa shape index (κ2) is 5.12. The molecule has 2 heterocycles. The van der Waals surface area contributed by atoms with E-state index >= 15 is 0 Å². The van der Waals surface area contributed by atoms with Gasteiger partial charge in [-0.25, -0.2) is 9.79 Å². The highest BCUT2D eigenvalue weighted by molar-refractivity contribution is 6.72. The molecule has 0 aromatic heterocycles. The minimum Gasteiger partial charge on any atom is -0.489 e. The minimum absolute atomic E-state index is 0.0618. The average molecular weight is 282 g/mol. The summed E-state index contributed by atoms with van der Waals surface area (Å²) in [5.41, 5.74) is 0.494. The van der Waals surface area contributed by atoms with Gasteiger partial charge < -0.3 is 4.74 Å². The van der Waals surface area contributed by atoms with Crippen molar-refractivity contribution in [3.05, 3.63) is 42.5 Å². The molecule has 2 aliphatic rings. The van der Waals surface area contributed by atoms with E-state index in [-0.39, 0.29) is 17.4 Å². The van der Waals surface area contributed by atoms with Crippen LogP contribution in [0.3, 0.4) is 0 Å². The van der Waals surface area contributed by atoms with Gasteiger partial charge in [-0.05, 0) is 12.1 Å². The Morgan fingerprint density at radius 3 is 2.81 bits per heavy atom. The Kier molecular flexibility index (Phi) is 3.15. The van der Waals surface area contributed by atoms with E-state index in [0.717, 1.165) is 0 Å². The van der Waals surface area contributed by atoms with Crippen LogP contribution in [0.2, 0.25) is 0 Å². The van der Waals surface area contributed by atoms with Crippen molar-refractivity contribution < 1.29 is 14.3 Å². The zero-order chi connectivity index (χ0) is 14.8. The van der Waals surface area contributed by atoms with Gasteiger partial charge in [0.1, 0.15) is 12.4 Å². The highest BCUT2D eigenvalue weighted by atomic mass is 16.5. The molecule has 3 amide bonds. The first-order valence-electron chi connectivity index (χ1n) is 6.14. The number of benzene rings is 1. The molecule has 1 aromatic rings. The molecular formula is C14H10N4O3.